The smallest absolute Gasteiger partial charge is 0.428 e. The molecule has 1 atom stereocenters. The van der Waals surface area contributed by atoms with Crippen LogP contribution in [0.4, 0.5) is 32.0 Å². The van der Waals surface area contributed by atoms with Crippen LogP contribution in [-0.2, 0) is 20.5 Å². The van der Waals surface area contributed by atoms with E-state index in [2.05, 4.69) is 4.74 Å². The Kier molecular flexibility index (Phi) is 5.49. The predicted octanol–water partition coefficient (Wildman–Crippen LogP) is 2.50. The molecule has 0 aliphatic rings. The number of halogens is 6. The molecule has 0 aromatic heterocycles. The minimum atomic E-state index is -5.52. The van der Waals surface area contributed by atoms with E-state index < -0.39 is 47.5 Å². The summed E-state index contributed by atoms with van der Waals surface area (Å²) < 4.78 is 79.7. The van der Waals surface area contributed by atoms with Crippen molar-refractivity contribution in [3.63, 3.8) is 0 Å². The Balaban J connectivity index is 2.98. The molecule has 0 heterocycles. The first kappa shape index (κ1) is 19.7. The molecule has 1 amide bonds. The number of anilines is 1. The zero-order valence-electron chi connectivity index (χ0n) is 12.0. The average Bonchev–Trinajstić information content (AvgIpc) is 2.44. The van der Waals surface area contributed by atoms with Crippen LogP contribution in [-0.4, -0.2) is 35.9 Å². The van der Waals surface area contributed by atoms with Gasteiger partial charge in [-0.1, -0.05) is 6.07 Å². The van der Waals surface area contributed by atoms with Crippen LogP contribution in [0.1, 0.15) is 12.0 Å². The van der Waals surface area contributed by atoms with Gasteiger partial charge in [0, 0.05) is 5.69 Å². The number of carbonyl (C=O) groups is 2. The highest BCUT2D eigenvalue weighted by Crippen LogP contribution is 2.35. The molecule has 1 rings (SSSR count). The van der Waals surface area contributed by atoms with Crippen molar-refractivity contribution in [2.75, 3.05) is 12.4 Å². The van der Waals surface area contributed by atoms with Gasteiger partial charge in [-0.25, -0.2) is 4.79 Å². The van der Waals surface area contributed by atoms with Crippen LogP contribution >= 0.6 is 0 Å². The second kappa shape index (κ2) is 6.67. The maximum absolute atomic E-state index is 12.8. The number of hydrogen-bond acceptors (Lipinski definition) is 4. The lowest BCUT2D eigenvalue weighted by molar-refractivity contribution is -0.261. The number of carbonyl (C=O) groups excluding carboxylic acids is 2. The van der Waals surface area contributed by atoms with Gasteiger partial charge in [-0.05, 0) is 18.2 Å². The normalized spacial score (nSPS) is 14.7. The second-order valence-corrected chi connectivity index (χ2v) is 4.65. The van der Waals surface area contributed by atoms with Gasteiger partial charge in [0.1, 0.15) is 0 Å². The first-order chi connectivity index (χ1) is 10.8. The van der Waals surface area contributed by atoms with Gasteiger partial charge in [0.25, 0.3) is 5.60 Å². The number of benzene rings is 1. The molecule has 0 aliphatic heterocycles. The van der Waals surface area contributed by atoms with Crippen molar-refractivity contribution in [1.29, 1.82) is 0 Å². The quantitative estimate of drug-likeness (QED) is 0.640. The Labute approximate surface area is 131 Å². The number of esters is 1. The maximum atomic E-state index is 12.8. The van der Waals surface area contributed by atoms with Crippen molar-refractivity contribution in [3.05, 3.63) is 29.8 Å². The van der Waals surface area contributed by atoms with Crippen LogP contribution in [0.5, 0.6) is 0 Å². The van der Waals surface area contributed by atoms with Gasteiger partial charge in [-0.15, -0.1) is 0 Å². The number of nitrogens with one attached hydrogen (secondary N) is 1. The molecule has 134 valence electrons. The average molecular weight is 359 g/mol. The Morgan fingerprint density at radius 2 is 1.75 bits per heavy atom. The third-order valence-corrected chi connectivity index (χ3v) is 2.88. The second-order valence-electron chi connectivity index (χ2n) is 4.65. The molecular formula is C13H11F6NO4. The van der Waals surface area contributed by atoms with Gasteiger partial charge in [0.05, 0.1) is 19.1 Å². The van der Waals surface area contributed by atoms with E-state index in [4.69, 9.17) is 0 Å². The molecule has 1 aromatic carbocycles. The fourth-order valence-corrected chi connectivity index (χ4v) is 1.67. The lowest BCUT2D eigenvalue weighted by Gasteiger charge is -2.26. The zero-order valence-corrected chi connectivity index (χ0v) is 12.0. The number of aliphatic hydroxyl groups is 1. The molecule has 0 saturated heterocycles. The number of alkyl halides is 6. The van der Waals surface area contributed by atoms with E-state index in [0.717, 1.165) is 12.1 Å². The summed E-state index contributed by atoms with van der Waals surface area (Å²) in [4.78, 5) is 22.7. The molecular weight excluding hydrogens is 348 g/mol. The van der Waals surface area contributed by atoms with Crippen molar-refractivity contribution in [2.45, 2.75) is 24.4 Å². The molecule has 0 unspecified atom stereocenters. The van der Waals surface area contributed by atoms with Gasteiger partial charge >= 0.3 is 18.3 Å². The Bertz CT molecular complexity index is 628. The molecule has 0 fully saturated rings. The van der Waals surface area contributed by atoms with E-state index in [0.29, 0.717) is 19.2 Å². The lowest BCUT2D eigenvalue weighted by Crippen LogP contribution is -2.54. The largest absolute Gasteiger partial charge is 0.467 e. The van der Waals surface area contributed by atoms with Crippen molar-refractivity contribution in [2.24, 2.45) is 0 Å². The molecule has 0 radical (unpaired) electrons. The fraction of sp³-hybridized carbons (Fsp3) is 0.385. The van der Waals surface area contributed by atoms with Crippen LogP contribution < -0.4 is 5.32 Å². The number of ether oxygens (including phenoxy) is 1. The summed E-state index contributed by atoms with van der Waals surface area (Å²) in [5.41, 5.74) is -5.71. The van der Waals surface area contributed by atoms with E-state index in [1.807, 2.05) is 0 Å². The number of methoxy groups -OCH3 is 1. The molecule has 0 aliphatic carbocycles. The van der Waals surface area contributed by atoms with Gasteiger partial charge in [0.15, 0.2) is 0 Å². The predicted molar refractivity (Wildman–Crippen MR) is 67.7 cm³/mol. The topological polar surface area (TPSA) is 75.6 Å². The van der Waals surface area contributed by atoms with Crippen LogP contribution in [0.3, 0.4) is 0 Å². The number of amides is 1. The highest BCUT2D eigenvalue weighted by Gasteiger charge is 2.61. The Morgan fingerprint density at radius 1 is 1.17 bits per heavy atom. The SMILES string of the molecule is COC(=O)[C@](O)(CC(=O)Nc1cccc(C(F)(F)F)c1)C(F)(F)F. The van der Waals surface area contributed by atoms with Crippen molar-refractivity contribution < 1.29 is 45.8 Å². The first-order valence-corrected chi connectivity index (χ1v) is 6.16. The maximum Gasteiger partial charge on any atom is 0.428 e. The molecule has 11 heteroatoms. The summed E-state index contributed by atoms with van der Waals surface area (Å²) in [5, 5.41) is 11.2. The monoisotopic (exact) mass is 359 g/mol. The molecule has 0 bridgehead atoms. The first-order valence-electron chi connectivity index (χ1n) is 6.16. The molecule has 0 spiro atoms. The van der Waals surface area contributed by atoms with Crippen molar-refractivity contribution in [3.8, 4) is 0 Å². The number of hydrogen-bond donors (Lipinski definition) is 2. The summed E-state index contributed by atoms with van der Waals surface area (Å²) in [5.74, 6) is -3.64. The standard InChI is InChI=1S/C13H11F6NO4/c1-24-10(22)11(23,13(17,18)19)6-9(21)20-8-4-2-3-7(5-8)12(14,15)16/h2-5,23H,6H2,1H3,(H,20,21)/t11-/m1/s1. The zero-order chi connectivity index (χ0) is 18.8. The van der Waals surface area contributed by atoms with E-state index in [1.165, 1.54) is 0 Å². The molecule has 5 nitrogen and oxygen atoms in total. The van der Waals surface area contributed by atoms with Gasteiger partial charge in [0.2, 0.25) is 5.91 Å². The van der Waals surface area contributed by atoms with Crippen LogP contribution in [0, 0.1) is 0 Å². The van der Waals surface area contributed by atoms with Crippen LogP contribution in [0.25, 0.3) is 0 Å². The molecule has 0 saturated carbocycles. The summed E-state index contributed by atoms with van der Waals surface area (Å²) in [6.45, 7) is 0. The summed E-state index contributed by atoms with van der Waals surface area (Å²) in [6.07, 6.45) is -12.0. The van der Waals surface area contributed by atoms with Crippen molar-refractivity contribution >= 4 is 17.6 Å². The highest BCUT2D eigenvalue weighted by atomic mass is 19.4. The highest BCUT2D eigenvalue weighted by molar-refractivity contribution is 5.96. The van der Waals surface area contributed by atoms with Gasteiger partial charge in [-0.3, -0.25) is 4.79 Å². The minimum Gasteiger partial charge on any atom is -0.467 e. The molecule has 24 heavy (non-hydrogen) atoms. The van der Waals surface area contributed by atoms with E-state index >= 15 is 0 Å². The van der Waals surface area contributed by atoms with E-state index in [1.54, 1.807) is 5.32 Å². The van der Waals surface area contributed by atoms with E-state index in [-0.39, 0.29) is 0 Å². The van der Waals surface area contributed by atoms with Crippen molar-refractivity contribution in [1.82, 2.24) is 0 Å². The summed E-state index contributed by atoms with van der Waals surface area (Å²) in [6, 6.07) is 3.10. The van der Waals surface area contributed by atoms with E-state index in [9.17, 15) is 41.0 Å². The van der Waals surface area contributed by atoms with Gasteiger partial charge < -0.3 is 15.2 Å². The number of rotatable bonds is 4. The summed E-state index contributed by atoms with van der Waals surface area (Å²) >= 11 is 0. The molecule has 2 N–H and O–H groups in total. The third-order valence-electron chi connectivity index (χ3n) is 2.88. The fourth-order valence-electron chi connectivity index (χ4n) is 1.67. The van der Waals surface area contributed by atoms with Crippen LogP contribution in [0.2, 0.25) is 0 Å². The van der Waals surface area contributed by atoms with Gasteiger partial charge in [-0.2, -0.15) is 26.3 Å². The summed E-state index contributed by atoms with van der Waals surface area (Å²) in [7, 11) is 0.573. The Hall–Kier alpha value is -2.30. The molecule has 1 aromatic rings. The Morgan fingerprint density at radius 3 is 2.21 bits per heavy atom. The third kappa shape index (κ3) is 4.37. The minimum absolute atomic E-state index is 0.454. The lowest BCUT2D eigenvalue weighted by atomic mass is 9.98. The van der Waals surface area contributed by atoms with Crippen LogP contribution in [0.15, 0.2) is 24.3 Å².